The molecular weight excluding hydrogens is 477 g/mol. The van der Waals surface area contributed by atoms with Crippen molar-refractivity contribution in [1.29, 1.82) is 0 Å². The highest BCUT2D eigenvalue weighted by Crippen LogP contribution is 2.51. The van der Waals surface area contributed by atoms with Gasteiger partial charge in [-0.2, -0.15) is 0 Å². The van der Waals surface area contributed by atoms with Gasteiger partial charge in [0.1, 0.15) is 28.4 Å². The molecule has 0 saturated heterocycles. The molecule has 1 aromatic heterocycles. The predicted octanol–water partition coefficient (Wildman–Crippen LogP) is 5.37. The number of fused-ring (bicyclic) bond motifs is 3. The molecule has 0 spiro atoms. The largest absolute Gasteiger partial charge is 0.462 e. The van der Waals surface area contributed by atoms with Crippen molar-refractivity contribution >= 4 is 28.6 Å². The first-order valence-corrected chi connectivity index (χ1v) is 11.7. The zero-order valence-electron chi connectivity index (χ0n) is 18.5. The maximum Gasteiger partial charge on any atom is 0.344 e. The monoisotopic (exact) mass is 496 g/mol. The van der Waals surface area contributed by atoms with Gasteiger partial charge in [0.2, 0.25) is 5.43 Å². The number of ether oxygens (including phenoxy) is 1. The van der Waals surface area contributed by atoms with Gasteiger partial charge in [-0.3, -0.25) is 4.79 Å². The van der Waals surface area contributed by atoms with Gasteiger partial charge in [0.15, 0.2) is 0 Å². The Bertz CT molecular complexity index is 1550. The van der Waals surface area contributed by atoms with Gasteiger partial charge >= 0.3 is 5.97 Å². The highest BCUT2D eigenvalue weighted by Gasteiger charge is 2.38. The quantitative estimate of drug-likeness (QED) is 0.376. The third kappa shape index (κ3) is 3.81. The molecule has 0 bridgehead atoms. The Morgan fingerprint density at radius 3 is 2.46 bits per heavy atom. The second kappa shape index (κ2) is 8.90. The Labute approximate surface area is 202 Å². The second-order valence-corrected chi connectivity index (χ2v) is 9.05. The molecule has 2 heterocycles. The van der Waals surface area contributed by atoms with Crippen LogP contribution in [0.1, 0.15) is 33.8 Å². The van der Waals surface area contributed by atoms with Crippen LogP contribution in [-0.4, -0.2) is 17.1 Å². The molecule has 1 aliphatic rings. The van der Waals surface area contributed by atoms with Crippen LogP contribution in [0.25, 0.3) is 22.0 Å². The summed E-state index contributed by atoms with van der Waals surface area (Å²) in [7, 11) is 0. The molecule has 9 heteroatoms. The van der Waals surface area contributed by atoms with Gasteiger partial charge in [-0.05, 0) is 36.2 Å². The molecule has 0 radical (unpaired) electrons. The van der Waals surface area contributed by atoms with Gasteiger partial charge in [0.05, 0.1) is 17.1 Å². The van der Waals surface area contributed by atoms with Gasteiger partial charge in [0.25, 0.3) is 0 Å². The molecule has 0 saturated carbocycles. The zero-order valence-corrected chi connectivity index (χ0v) is 19.3. The number of esters is 1. The number of thioether (sulfide) groups is 1. The minimum atomic E-state index is -0.837. The van der Waals surface area contributed by atoms with Crippen molar-refractivity contribution in [1.82, 2.24) is 4.57 Å². The first-order valence-electron chi connectivity index (χ1n) is 10.8. The molecule has 0 amide bonds. The van der Waals surface area contributed by atoms with Crippen LogP contribution in [-0.2, 0) is 11.3 Å². The lowest BCUT2D eigenvalue weighted by Crippen LogP contribution is -2.31. The van der Waals surface area contributed by atoms with E-state index in [9.17, 15) is 18.4 Å². The van der Waals surface area contributed by atoms with E-state index in [4.69, 9.17) is 10.5 Å². The fraction of sp³-hybridized carbons (Fsp3) is 0.154. The van der Waals surface area contributed by atoms with Gasteiger partial charge < -0.3 is 15.0 Å². The Morgan fingerprint density at radius 2 is 1.80 bits per heavy atom. The number of nitrogens with two attached hydrogens (primary N) is 1. The van der Waals surface area contributed by atoms with Crippen molar-refractivity contribution < 1.29 is 22.7 Å². The molecule has 1 aliphatic heterocycles. The maximum atomic E-state index is 15.2. The smallest absolute Gasteiger partial charge is 0.344 e. The number of hydrogen-bond acceptors (Lipinski definition) is 5. The van der Waals surface area contributed by atoms with Crippen molar-refractivity contribution in [3.05, 3.63) is 99.0 Å². The highest BCUT2D eigenvalue weighted by atomic mass is 32.2. The summed E-state index contributed by atoms with van der Waals surface area (Å²) in [6, 6.07) is 12.8. The van der Waals surface area contributed by atoms with Crippen molar-refractivity contribution in [2.24, 2.45) is 5.73 Å². The minimum Gasteiger partial charge on any atom is -0.462 e. The van der Waals surface area contributed by atoms with Crippen molar-refractivity contribution in [2.75, 3.05) is 6.61 Å². The van der Waals surface area contributed by atoms with E-state index in [0.717, 1.165) is 35.5 Å². The maximum absolute atomic E-state index is 15.2. The summed E-state index contributed by atoms with van der Waals surface area (Å²) in [4.78, 5) is 25.9. The standard InChI is InChI=1S/C26H19F3N2O3S/c1-2-34-26(33)22-23(32)18-10-20(29)17(14-5-3-13(12-30)4-6-14)11-21(18)31-24(35-25(22)31)16-8-7-15(27)9-19(16)28/h3-11,24H,2,12,30H2,1H3. The van der Waals surface area contributed by atoms with Crippen LogP contribution >= 0.6 is 11.8 Å². The third-order valence-corrected chi connectivity index (χ3v) is 7.23. The molecule has 2 N–H and O–H groups in total. The molecule has 35 heavy (non-hydrogen) atoms. The van der Waals surface area contributed by atoms with Crippen LogP contribution < -0.4 is 11.2 Å². The number of rotatable bonds is 5. The summed E-state index contributed by atoms with van der Waals surface area (Å²) in [5.74, 6) is -2.98. The van der Waals surface area contributed by atoms with Gasteiger partial charge in [-0.25, -0.2) is 18.0 Å². The molecule has 1 unspecified atom stereocenters. The van der Waals surface area contributed by atoms with Crippen LogP contribution in [0.15, 0.2) is 64.4 Å². The molecule has 5 rings (SSSR count). The van der Waals surface area contributed by atoms with Gasteiger partial charge in [0, 0.05) is 29.1 Å². The summed E-state index contributed by atoms with van der Waals surface area (Å²) < 4.78 is 50.1. The normalized spacial score (nSPS) is 14.5. The van der Waals surface area contributed by atoms with Crippen molar-refractivity contribution in [3.8, 4) is 11.1 Å². The molecule has 4 aromatic rings. The van der Waals surface area contributed by atoms with Crippen LogP contribution in [0.2, 0.25) is 0 Å². The van der Waals surface area contributed by atoms with Crippen LogP contribution in [0.3, 0.4) is 0 Å². The van der Waals surface area contributed by atoms with Crippen LogP contribution in [0, 0.1) is 17.5 Å². The number of nitrogens with zero attached hydrogens (tertiary/aromatic N) is 1. The van der Waals surface area contributed by atoms with Gasteiger partial charge in [-0.15, -0.1) is 0 Å². The lowest BCUT2D eigenvalue weighted by molar-refractivity contribution is 0.0518. The summed E-state index contributed by atoms with van der Waals surface area (Å²) in [5.41, 5.74) is 6.91. The average molecular weight is 497 g/mol. The zero-order chi connectivity index (χ0) is 24.9. The molecule has 1 atom stereocenters. The molecule has 5 nitrogen and oxygen atoms in total. The molecule has 3 aromatic carbocycles. The summed E-state index contributed by atoms with van der Waals surface area (Å²) in [6.07, 6.45) is 0. The fourth-order valence-corrected chi connectivity index (χ4v) is 5.50. The van der Waals surface area contributed by atoms with E-state index < -0.39 is 34.2 Å². The number of carbonyl (C=O) groups is 1. The van der Waals surface area contributed by atoms with E-state index in [1.807, 2.05) is 0 Å². The molecular formula is C26H19F3N2O3S. The summed E-state index contributed by atoms with van der Waals surface area (Å²) in [5, 5.41) is -0.449. The number of carbonyl (C=O) groups excluding carboxylic acids is 1. The SMILES string of the molecule is CCOC(=O)c1c2n(c3cc(-c4ccc(CN)cc4)c(F)cc3c1=O)C(c1ccc(F)cc1F)S2. The molecule has 0 aliphatic carbocycles. The fourth-order valence-electron chi connectivity index (χ4n) is 4.19. The minimum absolute atomic E-state index is 0.0375. The van der Waals surface area contributed by atoms with Crippen molar-refractivity contribution in [2.45, 2.75) is 23.9 Å². The Kier molecular flexibility index (Phi) is 5.90. The summed E-state index contributed by atoms with van der Waals surface area (Å²) >= 11 is 1.08. The molecule has 0 fully saturated rings. The number of halogens is 3. The lowest BCUT2D eigenvalue weighted by Gasteiger charge is -2.36. The van der Waals surface area contributed by atoms with E-state index in [2.05, 4.69) is 0 Å². The van der Waals surface area contributed by atoms with E-state index >= 15 is 4.39 Å². The Hall–Kier alpha value is -3.56. The third-order valence-electron chi connectivity index (χ3n) is 5.92. The first-order chi connectivity index (χ1) is 16.8. The highest BCUT2D eigenvalue weighted by molar-refractivity contribution is 8.00. The number of pyridine rings is 1. The van der Waals surface area contributed by atoms with E-state index in [1.165, 1.54) is 12.1 Å². The average Bonchev–Trinajstić information content (AvgIpc) is 2.82. The summed E-state index contributed by atoms with van der Waals surface area (Å²) in [6.45, 7) is 1.99. The molecule has 178 valence electrons. The number of benzene rings is 3. The van der Waals surface area contributed by atoms with Crippen molar-refractivity contribution in [3.63, 3.8) is 0 Å². The topological polar surface area (TPSA) is 74.3 Å². The van der Waals surface area contributed by atoms with E-state index in [-0.39, 0.29) is 33.7 Å². The first kappa shape index (κ1) is 23.2. The Balaban J connectivity index is 1.78. The van der Waals surface area contributed by atoms with Gasteiger partial charge in [-0.1, -0.05) is 42.1 Å². The number of aromatic nitrogens is 1. The van der Waals surface area contributed by atoms with E-state index in [0.29, 0.717) is 17.6 Å². The van der Waals surface area contributed by atoms with E-state index in [1.54, 1.807) is 35.8 Å². The lowest BCUT2D eigenvalue weighted by atomic mass is 10.00. The second-order valence-electron chi connectivity index (χ2n) is 7.99. The number of hydrogen-bond donors (Lipinski definition) is 1. The van der Waals surface area contributed by atoms with Crippen LogP contribution in [0.5, 0.6) is 0 Å². The predicted molar refractivity (Wildman–Crippen MR) is 128 cm³/mol. The van der Waals surface area contributed by atoms with Crippen LogP contribution in [0.4, 0.5) is 13.2 Å². The Morgan fingerprint density at radius 1 is 1.06 bits per heavy atom.